The zero-order valence-electron chi connectivity index (χ0n) is 12.4. The van der Waals surface area contributed by atoms with Crippen LogP contribution in [0.15, 0.2) is 36.4 Å². The van der Waals surface area contributed by atoms with Gasteiger partial charge in [0.2, 0.25) is 0 Å². The van der Waals surface area contributed by atoms with E-state index in [-0.39, 0.29) is 0 Å². The molecule has 0 aliphatic rings. The minimum Gasteiger partial charge on any atom is -0.485 e. The van der Waals surface area contributed by atoms with Gasteiger partial charge in [0, 0.05) is 12.1 Å². The molecule has 0 bridgehead atoms. The average molecular weight is 301 g/mol. The van der Waals surface area contributed by atoms with Crippen LogP contribution in [0.4, 0.5) is 0 Å². The number of hydrogen-bond acceptors (Lipinski definition) is 2. The molecule has 0 N–H and O–H groups in total. The van der Waals surface area contributed by atoms with Gasteiger partial charge in [-0.1, -0.05) is 29.3 Å². The lowest BCUT2D eigenvalue weighted by molar-refractivity contribution is 0.290. The molecule has 21 heavy (non-hydrogen) atoms. The van der Waals surface area contributed by atoms with E-state index in [4.69, 9.17) is 16.3 Å². The molecule has 0 amide bonds. The summed E-state index contributed by atoms with van der Waals surface area (Å²) in [5, 5.41) is 0.697. The number of aromatic nitrogens is 2. The summed E-state index contributed by atoms with van der Waals surface area (Å²) in [6.07, 6.45) is 0. The largest absolute Gasteiger partial charge is 0.485 e. The maximum atomic E-state index is 6.01. The second kappa shape index (κ2) is 5.41. The summed E-state index contributed by atoms with van der Waals surface area (Å²) >= 11 is 6.01. The molecule has 2 aromatic carbocycles. The molecule has 0 fully saturated rings. The predicted octanol–water partition coefficient (Wildman–Crippen LogP) is 4.42. The van der Waals surface area contributed by atoms with Crippen molar-refractivity contribution in [3.05, 3.63) is 58.4 Å². The summed E-state index contributed by atoms with van der Waals surface area (Å²) < 4.78 is 7.94. The molecule has 0 spiro atoms. The first-order valence-electron chi connectivity index (χ1n) is 6.85. The molecule has 0 aliphatic carbocycles. The van der Waals surface area contributed by atoms with Gasteiger partial charge in [0.15, 0.2) is 0 Å². The van der Waals surface area contributed by atoms with Gasteiger partial charge in [0.1, 0.15) is 18.2 Å². The van der Waals surface area contributed by atoms with E-state index >= 15 is 0 Å². The Morgan fingerprint density at radius 3 is 2.71 bits per heavy atom. The summed E-state index contributed by atoms with van der Waals surface area (Å²) in [6.45, 7) is 4.57. The maximum Gasteiger partial charge on any atom is 0.147 e. The normalized spacial score (nSPS) is 11.0. The van der Waals surface area contributed by atoms with E-state index < -0.39 is 0 Å². The van der Waals surface area contributed by atoms with Crippen molar-refractivity contribution < 1.29 is 4.74 Å². The van der Waals surface area contributed by atoms with Crippen molar-refractivity contribution in [3.8, 4) is 5.75 Å². The number of aryl methyl sites for hydroxylation is 3. The number of hydrogen-bond donors (Lipinski definition) is 0. The first-order chi connectivity index (χ1) is 10.0. The Balaban J connectivity index is 1.86. The lowest BCUT2D eigenvalue weighted by Crippen LogP contribution is -2.04. The summed E-state index contributed by atoms with van der Waals surface area (Å²) in [4.78, 5) is 4.59. The molecule has 4 heteroatoms. The van der Waals surface area contributed by atoms with Crippen LogP contribution in [0.1, 0.15) is 17.0 Å². The molecule has 0 unspecified atom stereocenters. The van der Waals surface area contributed by atoms with Crippen molar-refractivity contribution in [2.75, 3.05) is 0 Å². The Hall–Kier alpha value is -2.00. The third-order valence-corrected chi connectivity index (χ3v) is 3.86. The first-order valence-corrected chi connectivity index (χ1v) is 7.23. The molecule has 0 saturated heterocycles. The number of rotatable bonds is 3. The van der Waals surface area contributed by atoms with Crippen LogP contribution in [-0.2, 0) is 13.7 Å². The highest BCUT2D eigenvalue weighted by Gasteiger charge is 2.09. The maximum absolute atomic E-state index is 6.01. The van der Waals surface area contributed by atoms with Gasteiger partial charge in [-0.05, 0) is 43.7 Å². The number of halogens is 1. The lowest BCUT2D eigenvalue weighted by Gasteiger charge is -2.09. The highest BCUT2D eigenvalue weighted by atomic mass is 35.5. The fourth-order valence-electron chi connectivity index (χ4n) is 2.46. The van der Waals surface area contributed by atoms with Gasteiger partial charge >= 0.3 is 0 Å². The molecular weight excluding hydrogens is 284 g/mol. The summed E-state index contributed by atoms with van der Waals surface area (Å²) in [5.74, 6) is 1.78. The smallest absolute Gasteiger partial charge is 0.147 e. The van der Waals surface area contributed by atoms with Gasteiger partial charge in [0.05, 0.1) is 11.0 Å². The van der Waals surface area contributed by atoms with E-state index in [0.29, 0.717) is 11.6 Å². The first kappa shape index (κ1) is 14.0. The van der Waals surface area contributed by atoms with Crippen LogP contribution in [-0.4, -0.2) is 9.55 Å². The van der Waals surface area contributed by atoms with Crippen LogP contribution >= 0.6 is 11.6 Å². The van der Waals surface area contributed by atoms with Crippen LogP contribution in [0, 0.1) is 13.8 Å². The summed E-state index contributed by atoms with van der Waals surface area (Å²) in [7, 11) is 1.99. The highest BCUT2D eigenvalue weighted by molar-refractivity contribution is 6.31. The topological polar surface area (TPSA) is 27.1 Å². The zero-order chi connectivity index (χ0) is 15.0. The number of fused-ring (bicyclic) bond motifs is 1. The molecular formula is C17H17ClN2O. The minimum atomic E-state index is 0.437. The number of ether oxygens (including phenoxy) is 1. The van der Waals surface area contributed by atoms with E-state index in [1.54, 1.807) is 0 Å². The van der Waals surface area contributed by atoms with Crippen LogP contribution in [0.3, 0.4) is 0 Å². The monoisotopic (exact) mass is 300 g/mol. The molecule has 1 heterocycles. The third-order valence-electron chi connectivity index (χ3n) is 3.62. The van der Waals surface area contributed by atoms with Gasteiger partial charge < -0.3 is 9.30 Å². The predicted molar refractivity (Wildman–Crippen MR) is 86.0 cm³/mol. The lowest BCUT2D eigenvalue weighted by atomic mass is 10.1. The van der Waals surface area contributed by atoms with Crippen molar-refractivity contribution in [1.82, 2.24) is 9.55 Å². The van der Waals surface area contributed by atoms with Crippen LogP contribution in [0.25, 0.3) is 11.0 Å². The Kier molecular flexibility index (Phi) is 3.60. The number of benzene rings is 2. The van der Waals surface area contributed by atoms with E-state index in [1.807, 2.05) is 35.9 Å². The summed E-state index contributed by atoms with van der Waals surface area (Å²) in [5.41, 5.74) is 4.32. The quantitative estimate of drug-likeness (QED) is 0.716. The average Bonchev–Trinajstić information content (AvgIpc) is 2.74. The van der Waals surface area contributed by atoms with E-state index in [9.17, 15) is 0 Å². The fourth-order valence-corrected chi connectivity index (χ4v) is 2.62. The van der Waals surface area contributed by atoms with Crippen molar-refractivity contribution in [2.24, 2.45) is 7.05 Å². The number of imidazole rings is 1. The Labute approximate surface area is 129 Å². The molecule has 3 rings (SSSR count). The summed E-state index contributed by atoms with van der Waals surface area (Å²) in [6, 6.07) is 11.9. The Bertz CT molecular complexity index is 808. The standard InChI is InChI=1S/C17H17ClN2O/c1-11-4-7-16(12(2)8-11)21-10-17-19-14-9-13(18)5-6-15(14)20(17)3/h4-9H,10H2,1-3H3. The molecule has 0 atom stereocenters. The molecule has 1 aromatic heterocycles. The Morgan fingerprint density at radius 1 is 1.14 bits per heavy atom. The molecule has 3 nitrogen and oxygen atoms in total. The minimum absolute atomic E-state index is 0.437. The Morgan fingerprint density at radius 2 is 1.95 bits per heavy atom. The molecule has 0 radical (unpaired) electrons. The van der Waals surface area contributed by atoms with Crippen molar-refractivity contribution in [2.45, 2.75) is 20.5 Å². The number of nitrogens with zero attached hydrogens (tertiary/aromatic N) is 2. The van der Waals surface area contributed by atoms with E-state index in [2.05, 4.69) is 31.0 Å². The van der Waals surface area contributed by atoms with Crippen LogP contribution < -0.4 is 4.74 Å². The third kappa shape index (κ3) is 2.74. The second-order valence-corrected chi connectivity index (χ2v) is 5.71. The van der Waals surface area contributed by atoms with Crippen molar-refractivity contribution in [1.29, 1.82) is 0 Å². The fraction of sp³-hybridized carbons (Fsp3) is 0.235. The molecule has 0 aliphatic heterocycles. The van der Waals surface area contributed by atoms with Crippen LogP contribution in [0.5, 0.6) is 5.75 Å². The SMILES string of the molecule is Cc1ccc(OCc2nc3cc(Cl)ccc3n2C)c(C)c1. The second-order valence-electron chi connectivity index (χ2n) is 5.28. The van der Waals surface area contributed by atoms with Gasteiger partial charge in [-0.2, -0.15) is 0 Å². The van der Waals surface area contributed by atoms with Gasteiger partial charge in [-0.15, -0.1) is 0 Å². The van der Waals surface area contributed by atoms with Gasteiger partial charge in [-0.3, -0.25) is 0 Å². The highest BCUT2D eigenvalue weighted by Crippen LogP contribution is 2.22. The van der Waals surface area contributed by atoms with Crippen molar-refractivity contribution >= 4 is 22.6 Å². The molecule has 108 valence electrons. The molecule has 3 aromatic rings. The zero-order valence-corrected chi connectivity index (χ0v) is 13.1. The van der Waals surface area contributed by atoms with Crippen LogP contribution in [0.2, 0.25) is 5.02 Å². The van der Waals surface area contributed by atoms with E-state index in [1.165, 1.54) is 5.56 Å². The van der Waals surface area contributed by atoms with Gasteiger partial charge in [-0.25, -0.2) is 4.98 Å². The van der Waals surface area contributed by atoms with Crippen molar-refractivity contribution in [3.63, 3.8) is 0 Å². The van der Waals surface area contributed by atoms with Gasteiger partial charge in [0.25, 0.3) is 0 Å². The molecule has 0 saturated carbocycles. The van der Waals surface area contributed by atoms with E-state index in [0.717, 1.165) is 28.2 Å².